The van der Waals surface area contributed by atoms with E-state index < -0.39 is 0 Å². The number of hydrogen-bond donors (Lipinski definition) is 2. The Balaban J connectivity index is 1.98. The summed E-state index contributed by atoms with van der Waals surface area (Å²) in [6.45, 7) is 1.87. The van der Waals surface area contributed by atoms with E-state index in [2.05, 4.69) is 5.32 Å². The minimum Gasteiger partial charge on any atom is -0.508 e. The number of fused-ring (bicyclic) bond motifs is 1. The summed E-state index contributed by atoms with van der Waals surface area (Å²) in [6.07, 6.45) is 1.92. The van der Waals surface area contributed by atoms with E-state index in [1.807, 2.05) is 12.1 Å². The molecular formula is C11H13NO2. The lowest BCUT2D eigenvalue weighted by Crippen LogP contribution is -2.64. The Labute approximate surface area is 82.7 Å². The highest BCUT2D eigenvalue weighted by atomic mass is 16.5. The minimum absolute atomic E-state index is 0.0147. The predicted octanol–water partition coefficient (Wildman–Crippen LogP) is 1.06. The Morgan fingerprint density at radius 3 is 2.93 bits per heavy atom. The zero-order valence-corrected chi connectivity index (χ0v) is 7.92. The Kier molecular flexibility index (Phi) is 1.53. The van der Waals surface area contributed by atoms with Crippen LogP contribution < -0.4 is 10.1 Å². The Morgan fingerprint density at radius 1 is 1.36 bits per heavy atom. The largest absolute Gasteiger partial charge is 0.508 e. The van der Waals surface area contributed by atoms with Gasteiger partial charge in [0.1, 0.15) is 17.1 Å². The summed E-state index contributed by atoms with van der Waals surface area (Å²) in [5, 5.41) is 12.9. The number of benzene rings is 1. The number of nitrogens with one attached hydrogen (secondary N) is 1. The van der Waals surface area contributed by atoms with Crippen LogP contribution >= 0.6 is 0 Å². The van der Waals surface area contributed by atoms with Crippen LogP contribution in [0.3, 0.4) is 0 Å². The van der Waals surface area contributed by atoms with Gasteiger partial charge in [-0.15, -0.1) is 0 Å². The fourth-order valence-corrected chi connectivity index (χ4v) is 2.19. The Hall–Kier alpha value is -1.22. The maximum Gasteiger partial charge on any atom is 0.134 e. The van der Waals surface area contributed by atoms with Crippen LogP contribution in [-0.4, -0.2) is 23.8 Å². The second-order valence-corrected chi connectivity index (χ2v) is 4.14. The molecule has 1 fully saturated rings. The molecule has 14 heavy (non-hydrogen) atoms. The number of hydrogen-bond acceptors (Lipinski definition) is 3. The van der Waals surface area contributed by atoms with Gasteiger partial charge in [0.25, 0.3) is 0 Å². The van der Waals surface area contributed by atoms with Crippen molar-refractivity contribution < 1.29 is 9.84 Å². The van der Waals surface area contributed by atoms with Crippen molar-refractivity contribution >= 4 is 0 Å². The molecule has 0 unspecified atom stereocenters. The van der Waals surface area contributed by atoms with Crippen molar-refractivity contribution in [1.29, 1.82) is 0 Å². The summed E-state index contributed by atoms with van der Waals surface area (Å²) in [7, 11) is 0. The molecule has 2 N–H and O–H groups in total. The van der Waals surface area contributed by atoms with Crippen LogP contribution in [0.1, 0.15) is 12.0 Å². The van der Waals surface area contributed by atoms with Gasteiger partial charge < -0.3 is 15.2 Å². The molecule has 1 saturated heterocycles. The predicted molar refractivity (Wildman–Crippen MR) is 52.7 cm³/mol. The number of aromatic hydroxyl groups is 1. The lowest BCUT2D eigenvalue weighted by atomic mass is 9.86. The molecule has 0 amide bonds. The SMILES string of the molecule is Oc1cccc2c1CCC1(CNC1)O2. The zero-order chi connectivity index (χ0) is 9.60. The molecule has 1 spiro atoms. The van der Waals surface area contributed by atoms with Crippen LogP contribution in [0, 0.1) is 0 Å². The molecule has 1 aromatic rings. The number of ether oxygens (including phenoxy) is 1. The highest BCUT2D eigenvalue weighted by Crippen LogP contribution is 2.39. The van der Waals surface area contributed by atoms with E-state index in [0.717, 1.165) is 37.2 Å². The summed E-state index contributed by atoms with van der Waals surface area (Å²) in [4.78, 5) is 0. The van der Waals surface area contributed by atoms with Crippen molar-refractivity contribution in [3.05, 3.63) is 23.8 Å². The maximum absolute atomic E-state index is 9.62. The van der Waals surface area contributed by atoms with Crippen LogP contribution in [0.5, 0.6) is 11.5 Å². The molecule has 0 aromatic heterocycles. The van der Waals surface area contributed by atoms with Gasteiger partial charge in [0.15, 0.2) is 0 Å². The summed E-state index contributed by atoms with van der Waals surface area (Å²) in [5.41, 5.74) is 0.978. The summed E-state index contributed by atoms with van der Waals surface area (Å²) < 4.78 is 5.91. The fourth-order valence-electron chi connectivity index (χ4n) is 2.19. The monoisotopic (exact) mass is 191 g/mol. The van der Waals surface area contributed by atoms with E-state index in [4.69, 9.17) is 4.74 Å². The van der Waals surface area contributed by atoms with E-state index in [1.165, 1.54) is 0 Å². The van der Waals surface area contributed by atoms with Gasteiger partial charge >= 0.3 is 0 Å². The average molecular weight is 191 g/mol. The maximum atomic E-state index is 9.62. The molecule has 3 nitrogen and oxygen atoms in total. The molecule has 0 radical (unpaired) electrons. The standard InChI is InChI=1S/C11H13NO2/c13-9-2-1-3-10-8(9)4-5-11(14-10)6-12-7-11/h1-3,12-13H,4-7H2. The molecule has 2 heterocycles. The van der Waals surface area contributed by atoms with Gasteiger partial charge in [0.05, 0.1) is 0 Å². The number of rotatable bonds is 0. The third kappa shape index (κ3) is 1.02. The molecule has 1 aromatic carbocycles. The number of phenols is 1. The van der Waals surface area contributed by atoms with Crippen LogP contribution in [0.2, 0.25) is 0 Å². The normalized spacial score (nSPS) is 22.3. The first-order valence-electron chi connectivity index (χ1n) is 5.00. The van der Waals surface area contributed by atoms with Gasteiger partial charge in [-0.1, -0.05) is 6.07 Å². The number of phenolic OH excluding ortho intramolecular Hbond substituents is 1. The lowest BCUT2D eigenvalue weighted by Gasteiger charge is -2.45. The summed E-state index contributed by atoms with van der Waals surface area (Å²) in [5.74, 6) is 1.22. The smallest absolute Gasteiger partial charge is 0.134 e. The van der Waals surface area contributed by atoms with Gasteiger partial charge in [-0.05, 0) is 25.0 Å². The summed E-state index contributed by atoms with van der Waals surface area (Å²) >= 11 is 0. The molecular weight excluding hydrogens is 178 g/mol. The third-order valence-corrected chi connectivity index (χ3v) is 3.16. The highest BCUT2D eigenvalue weighted by molar-refractivity contribution is 5.46. The lowest BCUT2D eigenvalue weighted by molar-refractivity contribution is -0.00281. The molecule has 3 rings (SSSR count). The van der Waals surface area contributed by atoms with Crippen molar-refractivity contribution in [2.24, 2.45) is 0 Å². The van der Waals surface area contributed by atoms with E-state index in [0.29, 0.717) is 5.75 Å². The highest BCUT2D eigenvalue weighted by Gasteiger charge is 2.42. The molecule has 0 bridgehead atoms. The van der Waals surface area contributed by atoms with E-state index in [1.54, 1.807) is 6.07 Å². The van der Waals surface area contributed by atoms with Crippen LogP contribution in [-0.2, 0) is 6.42 Å². The molecule has 0 aliphatic carbocycles. The second kappa shape index (κ2) is 2.64. The molecule has 0 atom stereocenters. The van der Waals surface area contributed by atoms with Gasteiger partial charge in [-0.25, -0.2) is 0 Å². The van der Waals surface area contributed by atoms with E-state index in [9.17, 15) is 5.11 Å². The third-order valence-electron chi connectivity index (χ3n) is 3.16. The quantitative estimate of drug-likeness (QED) is 0.644. The van der Waals surface area contributed by atoms with Gasteiger partial charge in [0.2, 0.25) is 0 Å². The first kappa shape index (κ1) is 8.12. The molecule has 2 aliphatic heterocycles. The van der Waals surface area contributed by atoms with Gasteiger partial charge in [-0.3, -0.25) is 0 Å². The van der Waals surface area contributed by atoms with Gasteiger partial charge in [-0.2, -0.15) is 0 Å². The Morgan fingerprint density at radius 2 is 2.21 bits per heavy atom. The van der Waals surface area contributed by atoms with Crippen molar-refractivity contribution in [3.63, 3.8) is 0 Å². The first-order valence-corrected chi connectivity index (χ1v) is 5.00. The van der Waals surface area contributed by atoms with Crippen molar-refractivity contribution in [3.8, 4) is 11.5 Å². The zero-order valence-electron chi connectivity index (χ0n) is 7.92. The first-order chi connectivity index (χ1) is 6.79. The van der Waals surface area contributed by atoms with Crippen molar-refractivity contribution in [2.75, 3.05) is 13.1 Å². The molecule has 3 heteroatoms. The van der Waals surface area contributed by atoms with Crippen LogP contribution in [0.25, 0.3) is 0 Å². The van der Waals surface area contributed by atoms with Crippen molar-refractivity contribution in [2.45, 2.75) is 18.4 Å². The minimum atomic E-state index is 0.0147. The molecule has 2 aliphatic rings. The van der Waals surface area contributed by atoms with Crippen LogP contribution in [0.15, 0.2) is 18.2 Å². The van der Waals surface area contributed by atoms with Gasteiger partial charge in [0, 0.05) is 18.7 Å². The molecule has 74 valence electrons. The fraction of sp³-hybridized carbons (Fsp3) is 0.455. The Bertz CT molecular complexity index is 372. The average Bonchev–Trinajstić information content (AvgIpc) is 2.15. The molecule has 0 saturated carbocycles. The second-order valence-electron chi connectivity index (χ2n) is 4.14. The van der Waals surface area contributed by atoms with Crippen molar-refractivity contribution in [1.82, 2.24) is 5.32 Å². The summed E-state index contributed by atoms with van der Waals surface area (Å²) in [6, 6.07) is 5.49. The van der Waals surface area contributed by atoms with Crippen LogP contribution in [0.4, 0.5) is 0 Å². The van der Waals surface area contributed by atoms with E-state index in [-0.39, 0.29) is 5.60 Å². The topological polar surface area (TPSA) is 41.5 Å². The van der Waals surface area contributed by atoms with E-state index >= 15 is 0 Å².